The number of thioether (sulfide) groups is 1. The number of amides is 1. The minimum Gasteiger partial charge on any atom is -0.384 e. The molecule has 1 aromatic carbocycles. The van der Waals surface area contributed by atoms with Gasteiger partial charge in [-0.25, -0.2) is 9.97 Å². The van der Waals surface area contributed by atoms with E-state index in [0.29, 0.717) is 29.6 Å². The van der Waals surface area contributed by atoms with Crippen LogP contribution in [0.15, 0.2) is 35.5 Å². The lowest BCUT2D eigenvalue weighted by Crippen LogP contribution is -2.28. The summed E-state index contributed by atoms with van der Waals surface area (Å²) in [5, 5.41) is 11.0. The molecule has 3 rings (SSSR count). The fourth-order valence-electron chi connectivity index (χ4n) is 2.54. The van der Waals surface area contributed by atoms with Gasteiger partial charge in [0.2, 0.25) is 5.91 Å². The number of nitrogens with zero attached hydrogens (tertiary/aromatic N) is 4. The molecular formula is C15H15N5O3S. The van der Waals surface area contributed by atoms with Gasteiger partial charge in [-0.1, -0.05) is 17.8 Å². The van der Waals surface area contributed by atoms with E-state index in [1.165, 1.54) is 23.9 Å². The van der Waals surface area contributed by atoms with Crippen molar-refractivity contribution in [3.8, 4) is 0 Å². The summed E-state index contributed by atoms with van der Waals surface area (Å²) in [4.78, 5) is 33.0. The number of aryl methyl sites for hydroxylation is 1. The third kappa shape index (κ3) is 3.30. The van der Waals surface area contributed by atoms with E-state index in [1.54, 1.807) is 23.1 Å². The number of nitrogens with two attached hydrogens (primary N) is 1. The van der Waals surface area contributed by atoms with Gasteiger partial charge in [-0.15, -0.1) is 0 Å². The molecule has 2 N–H and O–H groups in total. The number of carbonyl (C=O) groups is 1. The summed E-state index contributed by atoms with van der Waals surface area (Å²) in [5.41, 5.74) is 6.94. The molecule has 1 aliphatic rings. The lowest BCUT2D eigenvalue weighted by atomic mass is 10.2. The van der Waals surface area contributed by atoms with Crippen LogP contribution in [0.25, 0.3) is 0 Å². The Hall–Kier alpha value is -2.68. The second-order valence-corrected chi connectivity index (χ2v) is 6.55. The number of aromatic nitrogens is 2. The van der Waals surface area contributed by atoms with E-state index >= 15 is 0 Å². The molecule has 0 saturated carbocycles. The van der Waals surface area contributed by atoms with Crippen molar-refractivity contribution in [3.63, 3.8) is 0 Å². The first-order valence-corrected chi connectivity index (χ1v) is 8.15. The molecule has 2 aromatic rings. The summed E-state index contributed by atoms with van der Waals surface area (Å²) in [6, 6.07) is 7.74. The van der Waals surface area contributed by atoms with E-state index in [4.69, 9.17) is 5.73 Å². The number of anilines is 2. The zero-order valence-corrected chi connectivity index (χ0v) is 13.7. The van der Waals surface area contributed by atoms with Crippen molar-refractivity contribution in [1.82, 2.24) is 9.97 Å². The molecular weight excluding hydrogens is 330 g/mol. The van der Waals surface area contributed by atoms with Gasteiger partial charge in [0.25, 0.3) is 5.69 Å². The van der Waals surface area contributed by atoms with Gasteiger partial charge >= 0.3 is 0 Å². The van der Waals surface area contributed by atoms with Crippen LogP contribution in [0, 0.1) is 17.0 Å². The van der Waals surface area contributed by atoms with Crippen LogP contribution < -0.4 is 10.6 Å². The molecule has 0 bridgehead atoms. The van der Waals surface area contributed by atoms with Crippen molar-refractivity contribution in [1.29, 1.82) is 0 Å². The molecule has 1 amide bonds. The summed E-state index contributed by atoms with van der Waals surface area (Å²) in [6.45, 7) is 2.31. The maximum atomic E-state index is 12.6. The second-order valence-electron chi connectivity index (χ2n) is 5.38. The van der Waals surface area contributed by atoms with Gasteiger partial charge in [0.15, 0.2) is 5.16 Å². The Bertz CT molecular complexity index is 793. The molecule has 1 saturated heterocycles. The third-order valence-electron chi connectivity index (χ3n) is 3.61. The smallest absolute Gasteiger partial charge is 0.271 e. The summed E-state index contributed by atoms with van der Waals surface area (Å²) >= 11 is 1.27. The van der Waals surface area contributed by atoms with Crippen molar-refractivity contribution < 1.29 is 9.72 Å². The Labute approximate surface area is 142 Å². The largest absolute Gasteiger partial charge is 0.384 e. The Morgan fingerprint density at radius 2 is 2.17 bits per heavy atom. The fourth-order valence-corrected chi connectivity index (χ4v) is 3.60. The van der Waals surface area contributed by atoms with Gasteiger partial charge in [-0.3, -0.25) is 14.9 Å². The van der Waals surface area contributed by atoms with E-state index in [9.17, 15) is 14.9 Å². The van der Waals surface area contributed by atoms with Crippen LogP contribution in [0.1, 0.15) is 12.1 Å². The molecule has 9 heteroatoms. The molecule has 0 spiro atoms. The van der Waals surface area contributed by atoms with E-state index in [1.807, 2.05) is 6.92 Å². The molecule has 2 heterocycles. The zero-order valence-electron chi connectivity index (χ0n) is 12.9. The molecule has 0 aliphatic carbocycles. The van der Waals surface area contributed by atoms with Crippen molar-refractivity contribution in [2.75, 3.05) is 17.2 Å². The molecule has 124 valence electrons. The Kier molecular flexibility index (Phi) is 4.34. The first-order chi connectivity index (χ1) is 11.4. The van der Waals surface area contributed by atoms with Crippen molar-refractivity contribution in [2.45, 2.75) is 23.8 Å². The lowest BCUT2D eigenvalue weighted by Gasteiger charge is -2.16. The maximum Gasteiger partial charge on any atom is 0.271 e. The first kappa shape index (κ1) is 16.2. The number of non-ortho nitro benzene ring substituents is 1. The number of carbonyl (C=O) groups excluding carboxylic acids is 1. The monoisotopic (exact) mass is 345 g/mol. The summed E-state index contributed by atoms with van der Waals surface area (Å²) in [5.74, 6) is 0.259. The molecule has 1 atom stereocenters. The highest BCUT2D eigenvalue weighted by Crippen LogP contribution is 2.33. The minimum absolute atomic E-state index is 0.0359. The number of hydrogen-bond donors (Lipinski definition) is 1. The van der Waals surface area contributed by atoms with Gasteiger partial charge in [0.1, 0.15) is 5.82 Å². The number of nitrogen functional groups attached to an aromatic ring is 1. The minimum atomic E-state index is -0.473. The molecule has 1 aromatic heterocycles. The number of benzene rings is 1. The lowest BCUT2D eigenvalue weighted by molar-refractivity contribution is -0.384. The average molecular weight is 345 g/mol. The summed E-state index contributed by atoms with van der Waals surface area (Å²) < 4.78 is 0. The number of rotatable bonds is 4. The van der Waals surface area contributed by atoms with Crippen molar-refractivity contribution in [3.05, 3.63) is 46.1 Å². The quantitative estimate of drug-likeness (QED) is 0.513. The summed E-state index contributed by atoms with van der Waals surface area (Å²) in [7, 11) is 0. The topological polar surface area (TPSA) is 115 Å². The highest BCUT2D eigenvalue weighted by atomic mass is 32.2. The normalized spacial score (nSPS) is 17.3. The Morgan fingerprint density at radius 3 is 2.88 bits per heavy atom. The van der Waals surface area contributed by atoms with E-state index in [-0.39, 0.29) is 16.8 Å². The molecule has 1 fully saturated rings. The predicted octanol–water partition coefficient (Wildman–Crippen LogP) is 2.17. The standard InChI is InChI=1S/C15H15N5O3S/c1-9-7-13(16)18-15(17-9)24-12-5-6-19(14(12)21)10-3-2-4-11(8-10)20(22)23/h2-4,7-8,12H,5-6H2,1H3,(H2,16,17,18)/t12-/m1/s1. The van der Waals surface area contributed by atoms with Gasteiger partial charge in [-0.05, 0) is 19.4 Å². The number of hydrogen-bond acceptors (Lipinski definition) is 7. The Morgan fingerprint density at radius 1 is 1.38 bits per heavy atom. The average Bonchev–Trinajstić information content (AvgIpc) is 2.87. The SMILES string of the molecule is Cc1cc(N)nc(S[C@@H]2CCN(c3cccc([N+](=O)[O-])c3)C2=O)n1. The molecule has 0 unspecified atom stereocenters. The van der Waals surface area contributed by atoms with Gasteiger partial charge in [-0.2, -0.15) is 0 Å². The van der Waals surface area contributed by atoms with E-state index in [0.717, 1.165) is 5.69 Å². The Balaban J connectivity index is 1.77. The van der Waals surface area contributed by atoms with Crippen LogP contribution in [0.5, 0.6) is 0 Å². The maximum absolute atomic E-state index is 12.6. The molecule has 8 nitrogen and oxygen atoms in total. The van der Waals surface area contributed by atoms with Crippen molar-refractivity contribution >= 4 is 34.9 Å². The second kappa shape index (κ2) is 6.44. The van der Waals surface area contributed by atoms with E-state index < -0.39 is 4.92 Å². The third-order valence-corrected chi connectivity index (χ3v) is 4.73. The van der Waals surface area contributed by atoms with Gasteiger partial charge < -0.3 is 10.6 Å². The molecule has 0 radical (unpaired) electrons. The molecule has 24 heavy (non-hydrogen) atoms. The van der Waals surface area contributed by atoms with Crippen molar-refractivity contribution in [2.24, 2.45) is 0 Å². The first-order valence-electron chi connectivity index (χ1n) is 7.27. The van der Waals surface area contributed by atoms with E-state index in [2.05, 4.69) is 9.97 Å². The number of nitro groups is 1. The predicted molar refractivity (Wildman–Crippen MR) is 90.9 cm³/mol. The fraction of sp³-hybridized carbons (Fsp3) is 0.267. The zero-order chi connectivity index (χ0) is 17.3. The molecule has 1 aliphatic heterocycles. The highest BCUT2D eigenvalue weighted by Gasteiger charge is 2.34. The van der Waals surface area contributed by atoms with Crippen LogP contribution in [-0.4, -0.2) is 32.6 Å². The van der Waals surface area contributed by atoms with Crippen LogP contribution in [0.4, 0.5) is 17.2 Å². The number of nitro benzene ring substituents is 1. The van der Waals surface area contributed by atoms with Crippen LogP contribution in [0.2, 0.25) is 0 Å². The highest BCUT2D eigenvalue weighted by molar-refractivity contribution is 8.00. The van der Waals surface area contributed by atoms with Crippen LogP contribution >= 0.6 is 11.8 Å². The van der Waals surface area contributed by atoms with Crippen LogP contribution in [0.3, 0.4) is 0 Å². The van der Waals surface area contributed by atoms with Gasteiger partial charge in [0, 0.05) is 30.4 Å². The van der Waals surface area contributed by atoms with Crippen LogP contribution in [-0.2, 0) is 4.79 Å². The summed E-state index contributed by atoms with van der Waals surface area (Å²) in [6.07, 6.45) is 0.614. The van der Waals surface area contributed by atoms with Gasteiger partial charge in [0.05, 0.1) is 15.9 Å².